The molecule has 2 aromatic carbocycles. The van der Waals surface area contributed by atoms with Gasteiger partial charge in [0.05, 0.1) is 11.5 Å². The lowest BCUT2D eigenvalue weighted by molar-refractivity contribution is -0.384. The van der Waals surface area contributed by atoms with Gasteiger partial charge in [-0.25, -0.2) is 0 Å². The summed E-state index contributed by atoms with van der Waals surface area (Å²) >= 11 is 4.70. The van der Waals surface area contributed by atoms with Crippen LogP contribution in [0.1, 0.15) is 5.01 Å². The molecule has 0 amide bonds. The minimum atomic E-state index is -0.414. The Hall–Kier alpha value is -2.32. The Bertz CT molecular complexity index is 839. The molecule has 3 aromatic rings. The van der Waals surface area contributed by atoms with Crippen LogP contribution >= 0.6 is 27.3 Å². The average Bonchev–Trinajstić information content (AvgIpc) is 3.03. The molecule has 8 heteroatoms. The molecule has 1 aromatic heterocycles. The summed E-state index contributed by atoms with van der Waals surface area (Å²) in [4.78, 5) is 10.7. The zero-order valence-corrected chi connectivity index (χ0v) is 14.2. The highest BCUT2D eigenvalue weighted by Gasteiger charge is 2.14. The summed E-state index contributed by atoms with van der Waals surface area (Å²) in [5.74, 6) is 0. The molecule has 0 saturated carbocycles. The van der Waals surface area contributed by atoms with E-state index in [9.17, 15) is 10.1 Å². The number of hydrogen-bond acceptors (Lipinski definition) is 6. The standard InChI is InChI=1S/C15H11BrN4O2S/c16-11-6-7-12(13(8-11)20(21)22)17-9-14-18-19-15(23-14)10-4-2-1-3-5-10/h1-8,17H,9H2. The summed E-state index contributed by atoms with van der Waals surface area (Å²) in [6.07, 6.45) is 0. The predicted octanol–water partition coefficient (Wildman–Crippen LogP) is 4.49. The zero-order valence-electron chi connectivity index (χ0n) is 11.8. The second-order valence-corrected chi connectivity index (χ2v) is 6.62. The van der Waals surface area contributed by atoms with Gasteiger partial charge in [0.15, 0.2) is 0 Å². The molecule has 0 aliphatic heterocycles. The van der Waals surface area contributed by atoms with Gasteiger partial charge in [0.2, 0.25) is 0 Å². The number of benzene rings is 2. The fraction of sp³-hybridized carbons (Fsp3) is 0.0667. The van der Waals surface area contributed by atoms with Crippen LogP contribution in [0.25, 0.3) is 10.6 Å². The number of halogens is 1. The number of nitro groups is 1. The van der Waals surface area contributed by atoms with Crippen molar-refractivity contribution in [2.24, 2.45) is 0 Å². The molecule has 0 bridgehead atoms. The first-order valence-electron chi connectivity index (χ1n) is 6.69. The van der Waals surface area contributed by atoms with E-state index in [1.807, 2.05) is 30.3 Å². The van der Waals surface area contributed by atoms with E-state index in [0.717, 1.165) is 15.6 Å². The van der Waals surface area contributed by atoms with Crippen LogP contribution in [0.2, 0.25) is 0 Å². The molecule has 0 unspecified atom stereocenters. The number of hydrogen-bond donors (Lipinski definition) is 1. The van der Waals surface area contributed by atoms with Gasteiger partial charge in [-0.2, -0.15) is 0 Å². The fourth-order valence-corrected chi connectivity index (χ4v) is 3.13. The Labute approximate surface area is 144 Å². The molecule has 0 radical (unpaired) electrons. The van der Waals surface area contributed by atoms with Crippen LogP contribution < -0.4 is 5.32 Å². The lowest BCUT2D eigenvalue weighted by Crippen LogP contribution is -2.02. The van der Waals surface area contributed by atoms with Crippen LogP contribution in [-0.2, 0) is 6.54 Å². The maximum absolute atomic E-state index is 11.1. The molecule has 23 heavy (non-hydrogen) atoms. The number of anilines is 1. The molecular formula is C15H11BrN4O2S. The third-order valence-electron chi connectivity index (χ3n) is 3.07. The van der Waals surface area contributed by atoms with Crippen molar-refractivity contribution in [2.45, 2.75) is 6.54 Å². The number of nitro benzene ring substituents is 1. The summed E-state index contributed by atoms with van der Waals surface area (Å²) in [5.41, 5.74) is 1.48. The molecule has 0 aliphatic rings. The summed E-state index contributed by atoms with van der Waals surface area (Å²) in [6, 6.07) is 14.7. The molecule has 0 atom stereocenters. The predicted molar refractivity (Wildman–Crippen MR) is 93.5 cm³/mol. The maximum atomic E-state index is 11.1. The zero-order chi connectivity index (χ0) is 16.2. The molecule has 116 valence electrons. The van der Waals surface area contributed by atoms with E-state index in [2.05, 4.69) is 31.4 Å². The van der Waals surface area contributed by atoms with E-state index < -0.39 is 4.92 Å². The third-order valence-corrected chi connectivity index (χ3v) is 4.54. The number of nitrogens with one attached hydrogen (secondary N) is 1. The molecule has 6 nitrogen and oxygen atoms in total. The van der Waals surface area contributed by atoms with Crippen molar-refractivity contribution in [1.29, 1.82) is 0 Å². The molecule has 0 aliphatic carbocycles. The van der Waals surface area contributed by atoms with Crippen molar-refractivity contribution in [3.63, 3.8) is 0 Å². The van der Waals surface area contributed by atoms with Crippen LogP contribution in [-0.4, -0.2) is 15.1 Å². The molecule has 1 N–H and O–H groups in total. The second kappa shape index (κ2) is 6.84. The Morgan fingerprint density at radius 2 is 1.96 bits per heavy atom. The minimum absolute atomic E-state index is 0.0205. The Morgan fingerprint density at radius 3 is 2.70 bits per heavy atom. The van der Waals surface area contributed by atoms with Crippen molar-refractivity contribution >= 4 is 38.6 Å². The first kappa shape index (κ1) is 15.6. The molecule has 3 rings (SSSR count). The van der Waals surface area contributed by atoms with E-state index in [-0.39, 0.29) is 5.69 Å². The third kappa shape index (κ3) is 3.72. The summed E-state index contributed by atoms with van der Waals surface area (Å²) in [5, 5.41) is 24.0. The highest BCUT2D eigenvalue weighted by Crippen LogP contribution is 2.29. The van der Waals surface area contributed by atoms with Crippen LogP contribution in [0.15, 0.2) is 53.0 Å². The molecule has 1 heterocycles. The summed E-state index contributed by atoms with van der Waals surface area (Å²) in [6.45, 7) is 0.382. The highest BCUT2D eigenvalue weighted by atomic mass is 79.9. The molecule has 0 saturated heterocycles. The Balaban J connectivity index is 1.75. The van der Waals surface area contributed by atoms with Crippen molar-refractivity contribution in [3.05, 3.63) is 68.1 Å². The SMILES string of the molecule is O=[N+]([O-])c1cc(Br)ccc1NCc1nnc(-c2ccccc2)s1. The average molecular weight is 391 g/mol. The van der Waals surface area contributed by atoms with E-state index in [0.29, 0.717) is 16.7 Å². The molecular weight excluding hydrogens is 380 g/mol. The van der Waals surface area contributed by atoms with Crippen LogP contribution in [0.3, 0.4) is 0 Å². The topological polar surface area (TPSA) is 81.0 Å². The number of aromatic nitrogens is 2. The number of nitrogens with zero attached hydrogens (tertiary/aromatic N) is 3. The van der Waals surface area contributed by atoms with Crippen LogP contribution in [0.4, 0.5) is 11.4 Å². The molecule has 0 spiro atoms. The van der Waals surface area contributed by atoms with Gasteiger partial charge in [0.1, 0.15) is 15.7 Å². The van der Waals surface area contributed by atoms with Gasteiger partial charge in [0.25, 0.3) is 5.69 Å². The van der Waals surface area contributed by atoms with Crippen molar-refractivity contribution < 1.29 is 4.92 Å². The van der Waals surface area contributed by atoms with Gasteiger partial charge < -0.3 is 5.32 Å². The lowest BCUT2D eigenvalue weighted by atomic mass is 10.2. The largest absolute Gasteiger partial charge is 0.373 e. The minimum Gasteiger partial charge on any atom is -0.373 e. The maximum Gasteiger partial charge on any atom is 0.293 e. The van der Waals surface area contributed by atoms with Crippen LogP contribution in [0.5, 0.6) is 0 Å². The van der Waals surface area contributed by atoms with Crippen molar-refractivity contribution in [3.8, 4) is 10.6 Å². The van der Waals surface area contributed by atoms with Gasteiger partial charge in [0, 0.05) is 16.1 Å². The lowest BCUT2D eigenvalue weighted by Gasteiger charge is -2.05. The van der Waals surface area contributed by atoms with E-state index in [4.69, 9.17) is 0 Å². The van der Waals surface area contributed by atoms with Gasteiger partial charge in [-0.15, -0.1) is 10.2 Å². The first-order chi connectivity index (χ1) is 11.1. The van der Waals surface area contributed by atoms with Crippen LogP contribution in [0, 0.1) is 10.1 Å². The Morgan fingerprint density at radius 1 is 1.17 bits per heavy atom. The van der Waals surface area contributed by atoms with Crippen molar-refractivity contribution in [1.82, 2.24) is 10.2 Å². The van der Waals surface area contributed by atoms with E-state index in [1.165, 1.54) is 17.4 Å². The quantitative estimate of drug-likeness (QED) is 0.512. The van der Waals surface area contributed by atoms with Crippen molar-refractivity contribution in [2.75, 3.05) is 5.32 Å². The van der Waals surface area contributed by atoms with E-state index >= 15 is 0 Å². The second-order valence-electron chi connectivity index (χ2n) is 4.64. The van der Waals surface area contributed by atoms with E-state index in [1.54, 1.807) is 12.1 Å². The number of rotatable bonds is 5. The first-order valence-corrected chi connectivity index (χ1v) is 8.30. The van der Waals surface area contributed by atoms with Gasteiger partial charge in [-0.05, 0) is 12.1 Å². The summed E-state index contributed by atoms with van der Waals surface area (Å²) < 4.78 is 0.664. The summed E-state index contributed by atoms with van der Waals surface area (Å²) in [7, 11) is 0. The normalized spacial score (nSPS) is 10.5. The molecule has 0 fully saturated rings. The highest BCUT2D eigenvalue weighted by molar-refractivity contribution is 9.10. The van der Waals surface area contributed by atoms with Gasteiger partial charge in [-0.3, -0.25) is 10.1 Å². The smallest absolute Gasteiger partial charge is 0.293 e. The van der Waals surface area contributed by atoms with Gasteiger partial charge >= 0.3 is 0 Å². The van der Waals surface area contributed by atoms with Gasteiger partial charge in [-0.1, -0.05) is 57.6 Å². The Kier molecular flexibility index (Phi) is 4.63. The monoisotopic (exact) mass is 390 g/mol. The fourth-order valence-electron chi connectivity index (χ4n) is 2.00.